The third-order valence-corrected chi connectivity index (χ3v) is 12.3. The van der Waals surface area contributed by atoms with E-state index in [0.29, 0.717) is 11.4 Å². The maximum absolute atomic E-state index is 14.6. The summed E-state index contributed by atoms with van der Waals surface area (Å²) in [6.07, 6.45) is 4.68. The Labute approximate surface area is 377 Å². The van der Waals surface area contributed by atoms with Crippen molar-refractivity contribution in [2.24, 2.45) is 28.8 Å². The van der Waals surface area contributed by atoms with Crippen molar-refractivity contribution in [3.8, 4) is 23.0 Å². The van der Waals surface area contributed by atoms with Crippen LogP contribution in [0.5, 0.6) is 23.0 Å². The zero-order valence-corrected chi connectivity index (χ0v) is 37.8. The molecule has 0 unspecified atom stereocenters. The van der Waals surface area contributed by atoms with Crippen molar-refractivity contribution in [1.29, 1.82) is 0 Å². The maximum atomic E-state index is 14.6. The van der Waals surface area contributed by atoms with Crippen LogP contribution in [0.4, 0.5) is 17.1 Å². The fourth-order valence-corrected chi connectivity index (χ4v) is 8.41. The van der Waals surface area contributed by atoms with Gasteiger partial charge in [-0.15, -0.1) is 0 Å². The molecular formula is C50H57N3O12. The van der Waals surface area contributed by atoms with Gasteiger partial charge in [0.05, 0.1) is 64.4 Å². The number of benzene rings is 4. The van der Waals surface area contributed by atoms with Crippen molar-refractivity contribution >= 4 is 51.7 Å². The second kappa shape index (κ2) is 19.6. The number of aliphatic hydroxyl groups excluding tert-OH is 2. The molecule has 65 heavy (non-hydrogen) atoms. The molecule has 0 spiro atoms. The number of hydrogen-bond acceptors (Lipinski definition) is 14. The van der Waals surface area contributed by atoms with Crippen LogP contribution < -0.4 is 15.1 Å². The molecule has 1 amide bonds. The van der Waals surface area contributed by atoms with E-state index < -0.39 is 88.8 Å². The average molecular weight is 892 g/mol. The first-order chi connectivity index (χ1) is 30.8. The summed E-state index contributed by atoms with van der Waals surface area (Å²) in [6.45, 7) is 12.5. The number of nitrogens with zero attached hydrogens (tertiary/aromatic N) is 2. The van der Waals surface area contributed by atoms with E-state index in [2.05, 4.69) is 5.32 Å². The maximum Gasteiger partial charge on any atom is 0.312 e. The normalized spacial score (nSPS) is 26.5. The summed E-state index contributed by atoms with van der Waals surface area (Å²) in [6, 6.07) is 18.2. The molecule has 9 atom stereocenters. The van der Waals surface area contributed by atoms with Crippen LogP contribution in [0.25, 0.3) is 10.8 Å². The fraction of sp³-hybridized carbons (Fsp3) is 0.360. The number of Topliss-reactive ketones (excluding diaryl/α,β-unsaturated/α-hetero) is 1. The molecular weight excluding hydrogens is 835 g/mol. The minimum Gasteiger partial charge on any atom is -0.507 e. The van der Waals surface area contributed by atoms with E-state index in [9.17, 15) is 39.9 Å². The number of ketones is 1. The second-order valence-electron chi connectivity index (χ2n) is 16.8. The number of ether oxygens (including phenoxy) is 4. The summed E-state index contributed by atoms with van der Waals surface area (Å²) in [4.78, 5) is 41.0. The third kappa shape index (κ3) is 9.44. The number of phenolic OH excluding ortho intramolecular Hbond substituents is 3. The summed E-state index contributed by atoms with van der Waals surface area (Å²) in [7, 11) is 1.43. The van der Waals surface area contributed by atoms with Crippen LogP contribution in [0.15, 0.2) is 102 Å². The number of phenols is 3. The van der Waals surface area contributed by atoms with Gasteiger partial charge in [-0.2, -0.15) is 5.10 Å². The van der Waals surface area contributed by atoms with Crippen molar-refractivity contribution in [3.63, 3.8) is 0 Å². The highest BCUT2D eigenvalue weighted by atomic mass is 16.7. The number of allylic oxidation sites excluding steroid dienone is 2. The molecule has 3 aliphatic rings. The Hall–Kier alpha value is -6.68. The Balaban J connectivity index is 1.57. The zero-order valence-electron chi connectivity index (χ0n) is 37.8. The summed E-state index contributed by atoms with van der Waals surface area (Å²) < 4.78 is 23.7. The number of amides is 1. The van der Waals surface area contributed by atoms with E-state index in [1.165, 1.54) is 59.4 Å². The predicted molar refractivity (Wildman–Crippen MR) is 246 cm³/mol. The monoisotopic (exact) mass is 891 g/mol. The Morgan fingerprint density at radius 3 is 2.05 bits per heavy atom. The smallest absolute Gasteiger partial charge is 0.312 e. The quantitative estimate of drug-likeness (QED) is 0.0357. The first kappa shape index (κ1) is 47.8. The van der Waals surface area contributed by atoms with Gasteiger partial charge in [0.2, 0.25) is 0 Å². The Morgan fingerprint density at radius 1 is 0.846 bits per heavy atom. The summed E-state index contributed by atoms with van der Waals surface area (Å²) >= 11 is 0. The third-order valence-electron chi connectivity index (χ3n) is 12.3. The van der Waals surface area contributed by atoms with Crippen LogP contribution >= 0.6 is 0 Å². The van der Waals surface area contributed by atoms with Gasteiger partial charge in [-0.3, -0.25) is 14.4 Å². The van der Waals surface area contributed by atoms with Gasteiger partial charge >= 0.3 is 11.8 Å². The van der Waals surface area contributed by atoms with Crippen molar-refractivity contribution < 1.29 is 58.9 Å². The molecule has 3 heterocycles. The van der Waals surface area contributed by atoms with Gasteiger partial charge in [-0.05, 0) is 44.2 Å². The molecule has 4 aromatic rings. The molecule has 15 heteroatoms. The van der Waals surface area contributed by atoms with E-state index in [1.807, 2.05) is 60.7 Å². The van der Waals surface area contributed by atoms with Crippen LogP contribution in [-0.2, 0) is 23.8 Å². The number of hydrazone groups is 1. The number of nitrogens with one attached hydrogen (secondary N) is 1. The summed E-state index contributed by atoms with van der Waals surface area (Å²) in [5.74, 6) is -8.72. The molecule has 0 saturated heterocycles. The van der Waals surface area contributed by atoms with Gasteiger partial charge < -0.3 is 49.8 Å². The second-order valence-corrected chi connectivity index (χ2v) is 16.8. The highest BCUT2D eigenvalue weighted by molar-refractivity contribution is 6.24. The van der Waals surface area contributed by atoms with Crippen molar-refractivity contribution in [3.05, 3.63) is 113 Å². The van der Waals surface area contributed by atoms with E-state index in [1.54, 1.807) is 44.9 Å². The summed E-state index contributed by atoms with van der Waals surface area (Å²) in [5.41, 5.74) is 0.665. The molecule has 7 rings (SSSR count). The lowest BCUT2D eigenvalue weighted by molar-refractivity contribution is -0.160. The van der Waals surface area contributed by atoms with Gasteiger partial charge in [0.25, 0.3) is 11.7 Å². The Bertz CT molecular complexity index is 2520. The Morgan fingerprint density at radius 2 is 1.46 bits per heavy atom. The van der Waals surface area contributed by atoms with E-state index in [0.717, 1.165) is 0 Å². The number of aliphatic hydroxyl groups is 2. The lowest BCUT2D eigenvalue weighted by Crippen LogP contribution is -2.46. The fourth-order valence-electron chi connectivity index (χ4n) is 8.41. The predicted octanol–water partition coefficient (Wildman–Crippen LogP) is 7.93. The highest BCUT2D eigenvalue weighted by Gasteiger charge is 2.50. The van der Waals surface area contributed by atoms with E-state index in [4.69, 9.17) is 24.0 Å². The molecule has 0 radical (unpaired) electrons. The van der Waals surface area contributed by atoms with Crippen LogP contribution in [0, 0.1) is 30.6 Å². The SMILES string of the molecule is CO[C@@H]1C=CO[C@@]2(C)Oc3c(C)c(O)c4c(O)c(c(C=NN(c5ccccc5)c5ccccc5)c(O)c4c3C2=O)NC(=O)C(C)=CC=C[C@H](C)[C@H](O)[C@H](C)[C@H](O)[C@H](C)[C@H](OC(C)=O)[C@@H]1C. The molecule has 0 fully saturated rings. The van der Waals surface area contributed by atoms with Gasteiger partial charge in [0.1, 0.15) is 23.4 Å². The van der Waals surface area contributed by atoms with Crippen molar-refractivity contribution in [2.45, 2.75) is 85.6 Å². The van der Waals surface area contributed by atoms with E-state index in [-0.39, 0.29) is 44.5 Å². The summed E-state index contributed by atoms with van der Waals surface area (Å²) in [5, 5.41) is 67.6. The van der Waals surface area contributed by atoms with Crippen LogP contribution in [0.3, 0.4) is 0 Å². The number of rotatable bonds is 6. The number of anilines is 3. The van der Waals surface area contributed by atoms with Gasteiger partial charge in [-0.25, -0.2) is 5.01 Å². The molecule has 0 aliphatic carbocycles. The molecule has 0 aromatic heterocycles. The zero-order chi connectivity index (χ0) is 47.5. The van der Waals surface area contributed by atoms with Gasteiger partial charge in [0.15, 0.2) is 5.75 Å². The number of fused-ring (bicyclic) bond motifs is 14. The van der Waals surface area contributed by atoms with Crippen LogP contribution in [0.2, 0.25) is 0 Å². The van der Waals surface area contributed by atoms with Crippen molar-refractivity contribution in [1.82, 2.24) is 0 Å². The molecule has 15 nitrogen and oxygen atoms in total. The first-order valence-electron chi connectivity index (χ1n) is 21.3. The molecule has 3 aliphatic heterocycles. The van der Waals surface area contributed by atoms with E-state index >= 15 is 0 Å². The van der Waals surface area contributed by atoms with Crippen LogP contribution in [-0.4, -0.2) is 86.7 Å². The minimum atomic E-state index is -2.09. The topological polar surface area (TPSA) is 217 Å². The number of aromatic hydroxyl groups is 3. The molecule has 5 bridgehead atoms. The molecule has 4 aromatic carbocycles. The Kier molecular flexibility index (Phi) is 14.4. The standard InChI is InChI=1S/C50H57N3O12/c1-26-17-16-18-27(2)49(61)52-40-35(25-51-53(33-19-12-10-13-20-33)34-21-14-11-15-22-34)44(58)37-38(45(40)59)43(57)31(6)47-39(37)48(60)50(8,65-47)63-24-23-36(62-9)28(3)46(64-32(7)54)30(5)42(56)29(4)41(26)55/h10-26,28-30,36,41-42,46,55-59H,1-9H3,(H,52,61)/t26-,28+,29-,30-,36+,41-,42-,46+,50-/m0/s1. The largest absolute Gasteiger partial charge is 0.507 e. The first-order valence-corrected chi connectivity index (χ1v) is 21.3. The number of carbonyl (C=O) groups is 3. The lowest BCUT2D eigenvalue weighted by Gasteiger charge is -2.38. The van der Waals surface area contributed by atoms with Gasteiger partial charge in [0, 0.05) is 61.2 Å². The lowest BCUT2D eigenvalue weighted by atomic mass is 9.78. The minimum absolute atomic E-state index is 0.0299. The number of hydrogen-bond donors (Lipinski definition) is 6. The number of carbonyl (C=O) groups excluding carboxylic acids is 3. The number of esters is 1. The highest BCUT2D eigenvalue weighted by Crippen LogP contribution is 2.55. The van der Waals surface area contributed by atoms with Gasteiger partial charge in [-0.1, -0.05) is 82.3 Å². The molecule has 0 saturated carbocycles. The van der Waals surface area contributed by atoms with Crippen molar-refractivity contribution in [2.75, 3.05) is 17.4 Å². The number of para-hydroxylation sites is 2. The molecule has 344 valence electrons. The number of methoxy groups -OCH3 is 1. The molecule has 6 N–H and O–H groups in total. The van der Waals surface area contributed by atoms with Crippen LogP contribution in [0.1, 0.15) is 70.0 Å². The average Bonchev–Trinajstić information content (AvgIpc) is 3.56.